The Bertz CT molecular complexity index is 643. The zero-order valence-electron chi connectivity index (χ0n) is 13.7. The molecular formula is C18H23N3O. The summed E-state index contributed by atoms with van der Waals surface area (Å²) >= 11 is 0. The predicted molar refractivity (Wildman–Crippen MR) is 91.7 cm³/mol. The number of aromatic nitrogens is 1. The molecule has 1 aromatic heterocycles. The zero-order chi connectivity index (χ0) is 16.1. The van der Waals surface area contributed by atoms with Gasteiger partial charge in [0.2, 0.25) is 0 Å². The standard InChI is InChI=1S/C18H23N3O/c1-5-13-9-7-10-14(6-2)16(13)20-18(22)15-11-8-12-19-17(15)21(3)4/h7-12H,5-6H2,1-4H3,(H,20,22). The molecule has 0 bridgehead atoms. The third-order valence-corrected chi connectivity index (χ3v) is 3.69. The van der Waals surface area contributed by atoms with Crippen molar-refractivity contribution in [2.45, 2.75) is 26.7 Å². The minimum atomic E-state index is -0.118. The molecule has 0 aliphatic rings. The number of para-hydroxylation sites is 1. The number of carbonyl (C=O) groups excluding carboxylic acids is 1. The highest BCUT2D eigenvalue weighted by Crippen LogP contribution is 2.24. The van der Waals surface area contributed by atoms with Gasteiger partial charge in [-0.25, -0.2) is 4.98 Å². The van der Waals surface area contributed by atoms with Crippen LogP contribution in [0.1, 0.15) is 35.3 Å². The Morgan fingerprint density at radius 2 is 1.73 bits per heavy atom. The van der Waals surface area contributed by atoms with Gasteiger partial charge < -0.3 is 10.2 Å². The molecule has 1 heterocycles. The van der Waals surface area contributed by atoms with Crippen LogP contribution in [0.2, 0.25) is 0 Å². The van der Waals surface area contributed by atoms with Gasteiger partial charge in [0.05, 0.1) is 5.56 Å². The van der Waals surface area contributed by atoms with Crippen molar-refractivity contribution >= 4 is 17.4 Å². The molecular weight excluding hydrogens is 274 g/mol. The Balaban J connectivity index is 2.38. The molecule has 0 saturated heterocycles. The lowest BCUT2D eigenvalue weighted by atomic mass is 10.0. The van der Waals surface area contributed by atoms with Gasteiger partial charge in [-0.3, -0.25) is 4.79 Å². The number of aryl methyl sites for hydroxylation is 2. The number of hydrogen-bond donors (Lipinski definition) is 1. The summed E-state index contributed by atoms with van der Waals surface area (Å²) in [7, 11) is 3.77. The second kappa shape index (κ2) is 7.07. The Morgan fingerprint density at radius 3 is 2.27 bits per heavy atom. The largest absolute Gasteiger partial charge is 0.362 e. The third-order valence-electron chi connectivity index (χ3n) is 3.69. The first kappa shape index (κ1) is 16.0. The van der Waals surface area contributed by atoms with Crippen molar-refractivity contribution in [3.63, 3.8) is 0 Å². The topological polar surface area (TPSA) is 45.2 Å². The number of amides is 1. The maximum absolute atomic E-state index is 12.7. The van der Waals surface area contributed by atoms with Gasteiger partial charge in [0.25, 0.3) is 5.91 Å². The van der Waals surface area contributed by atoms with Crippen molar-refractivity contribution in [1.82, 2.24) is 4.98 Å². The first-order valence-corrected chi connectivity index (χ1v) is 7.62. The van der Waals surface area contributed by atoms with Gasteiger partial charge in [0, 0.05) is 26.0 Å². The normalized spacial score (nSPS) is 10.4. The van der Waals surface area contributed by atoms with Gasteiger partial charge in [0.1, 0.15) is 5.82 Å². The van der Waals surface area contributed by atoms with E-state index in [0.717, 1.165) is 29.7 Å². The van der Waals surface area contributed by atoms with E-state index in [1.807, 2.05) is 25.1 Å². The minimum Gasteiger partial charge on any atom is -0.362 e. The molecule has 0 aliphatic carbocycles. The number of anilines is 2. The molecule has 4 nitrogen and oxygen atoms in total. The quantitative estimate of drug-likeness (QED) is 0.918. The van der Waals surface area contributed by atoms with Gasteiger partial charge in [0.15, 0.2) is 0 Å². The smallest absolute Gasteiger partial charge is 0.259 e. The Morgan fingerprint density at radius 1 is 1.09 bits per heavy atom. The van der Waals surface area contributed by atoms with E-state index in [9.17, 15) is 4.79 Å². The van der Waals surface area contributed by atoms with Gasteiger partial charge in [-0.15, -0.1) is 0 Å². The summed E-state index contributed by atoms with van der Waals surface area (Å²) in [5.74, 6) is 0.555. The van der Waals surface area contributed by atoms with Gasteiger partial charge in [-0.05, 0) is 36.1 Å². The first-order valence-electron chi connectivity index (χ1n) is 7.62. The van der Waals surface area contributed by atoms with Crippen LogP contribution in [0, 0.1) is 0 Å². The highest BCUT2D eigenvalue weighted by atomic mass is 16.1. The first-order chi connectivity index (χ1) is 10.6. The molecule has 0 saturated carbocycles. The molecule has 0 spiro atoms. The Kier molecular flexibility index (Phi) is 5.15. The number of carbonyl (C=O) groups is 1. The van der Waals surface area contributed by atoms with Crippen molar-refractivity contribution in [3.05, 3.63) is 53.2 Å². The van der Waals surface area contributed by atoms with Crippen LogP contribution >= 0.6 is 0 Å². The van der Waals surface area contributed by atoms with E-state index in [1.165, 1.54) is 0 Å². The van der Waals surface area contributed by atoms with Crippen molar-refractivity contribution in [1.29, 1.82) is 0 Å². The van der Waals surface area contributed by atoms with E-state index < -0.39 is 0 Å². The molecule has 22 heavy (non-hydrogen) atoms. The van der Waals surface area contributed by atoms with Crippen LogP contribution in [0.25, 0.3) is 0 Å². The van der Waals surface area contributed by atoms with Crippen molar-refractivity contribution in [2.24, 2.45) is 0 Å². The highest BCUT2D eigenvalue weighted by molar-refractivity contribution is 6.08. The monoisotopic (exact) mass is 297 g/mol. The number of rotatable bonds is 5. The number of pyridine rings is 1. The third kappa shape index (κ3) is 3.27. The Hall–Kier alpha value is -2.36. The average molecular weight is 297 g/mol. The van der Waals surface area contributed by atoms with Crippen LogP contribution in [-0.4, -0.2) is 25.0 Å². The molecule has 2 aromatic rings. The van der Waals surface area contributed by atoms with E-state index in [1.54, 1.807) is 18.3 Å². The van der Waals surface area contributed by atoms with Crippen LogP contribution in [-0.2, 0) is 12.8 Å². The zero-order valence-corrected chi connectivity index (χ0v) is 13.7. The lowest BCUT2D eigenvalue weighted by molar-refractivity contribution is 0.102. The second-order valence-electron chi connectivity index (χ2n) is 5.38. The van der Waals surface area contributed by atoms with E-state index in [-0.39, 0.29) is 5.91 Å². The molecule has 1 amide bonds. The molecule has 116 valence electrons. The summed E-state index contributed by atoms with van der Waals surface area (Å²) in [4.78, 5) is 18.8. The summed E-state index contributed by atoms with van der Waals surface area (Å²) in [6.07, 6.45) is 3.47. The summed E-state index contributed by atoms with van der Waals surface area (Å²) in [5.41, 5.74) is 3.83. The van der Waals surface area contributed by atoms with Crippen LogP contribution in [0.3, 0.4) is 0 Å². The second-order valence-corrected chi connectivity index (χ2v) is 5.38. The molecule has 0 aliphatic heterocycles. The highest BCUT2D eigenvalue weighted by Gasteiger charge is 2.16. The van der Waals surface area contributed by atoms with Crippen LogP contribution in [0.15, 0.2) is 36.5 Å². The van der Waals surface area contributed by atoms with Crippen molar-refractivity contribution < 1.29 is 4.79 Å². The Labute approximate surface area is 132 Å². The summed E-state index contributed by atoms with van der Waals surface area (Å²) in [6, 6.07) is 9.75. The van der Waals surface area contributed by atoms with Crippen molar-refractivity contribution in [2.75, 3.05) is 24.3 Å². The molecule has 0 atom stereocenters. The minimum absolute atomic E-state index is 0.118. The maximum Gasteiger partial charge on any atom is 0.259 e. The van der Waals surface area contributed by atoms with Gasteiger partial charge in [-0.1, -0.05) is 32.0 Å². The van der Waals surface area contributed by atoms with E-state index in [0.29, 0.717) is 11.4 Å². The summed E-state index contributed by atoms with van der Waals surface area (Å²) < 4.78 is 0. The number of nitrogens with zero attached hydrogens (tertiary/aromatic N) is 2. The van der Waals surface area contributed by atoms with E-state index in [4.69, 9.17) is 0 Å². The fourth-order valence-corrected chi connectivity index (χ4v) is 2.51. The maximum atomic E-state index is 12.7. The fourth-order valence-electron chi connectivity index (χ4n) is 2.51. The molecule has 1 N–H and O–H groups in total. The molecule has 0 radical (unpaired) electrons. The molecule has 4 heteroatoms. The van der Waals surface area contributed by atoms with E-state index >= 15 is 0 Å². The fraction of sp³-hybridized carbons (Fsp3) is 0.333. The molecule has 2 rings (SSSR count). The molecule has 0 fully saturated rings. The lowest BCUT2D eigenvalue weighted by Gasteiger charge is -2.18. The summed E-state index contributed by atoms with van der Waals surface area (Å²) in [6.45, 7) is 4.19. The lowest BCUT2D eigenvalue weighted by Crippen LogP contribution is -2.20. The average Bonchev–Trinajstić information content (AvgIpc) is 2.54. The van der Waals surface area contributed by atoms with Crippen molar-refractivity contribution in [3.8, 4) is 0 Å². The molecule has 0 unspecified atom stereocenters. The summed E-state index contributed by atoms with van der Waals surface area (Å²) in [5, 5.41) is 3.09. The molecule has 1 aromatic carbocycles. The van der Waals surface area contributed by atoms with E-state index in [2.05, 4.69) is 36.3 Å². The predicted octanol–water partition coefficient (Wildman–Crippen LogP) is 3.52. The number of benzene rings is 1. The van der Waals surface area contributed by atoms with Gasteiger partial charge in [-0.2, -0.15) is 0 Å². The number of nitrogens with one attached hydrogen (secondary N) is 1. The van der Waals surface area contributed by atoms with Crippen LogP contribution in [0.4, 0.5) is 11.5 Å². The SMILES string of the molecule is CCc1cccc(CC)c1NC(=O)c1cccnc1N(C)C. The van der Waals surface area contributed by atoms with Crippen LogP contribution < -0.4 is 10.2 Å². The van der Waals surface area contributed by atoms with Gasteiger partial charge >= 0.3 is 0 Å². The van der Waals surface area contributed by atoms with Crippen LogP contribution in [0.5, 0.6) is 0 Å². The number of hydrogen-bond acceptors (Lipinski definition) is 3.